The Hall–Kier alpha value is -0.485. The molecule has 1 aromatic carbocycles. The molecule has 1 fully saturated rings. The third-order valence-corrected chi connectivity index (χ3v) is 4.22. The SMILES string of the molecule is COSc1ccc(B2OC(C)(C)C(C)(C)O2)cc1. The standard InChI is InChI=1S/C13H19BO3S/c1-12(2)13(3,4)17-14(16-12)10-6-8-11(9-7-10)18-15-5/h6-9H,1-5H3. The minimum Gasteiger partial charge on any atom is -0.399 e. The lowest BCUT2D eigenvalue weighted by molar-refractivity contribution is 0.00578. The van der Waals surface area contributed by atoms with Crippen LogP contribution in [0.3, 0.4) is 0 Å². The molecule has 0 aromatic heterocycles. The van der Waals surface area contributed by atoms with Crippen LogP contribution in [0.1, 0.15) is 27.7 Å². The van der Waals surface area contributed by atoms with Crippen molar-refractivity contribution in [3.8, 4) is 0 Å². The van der Waals surface area contributed by atoms with Gasteiger partial charge >= 0.3 is 7.12 Å². The molecule has 5 heteroatoms. The van der Waals surface area contributed by atoms with Crippen LogP contribution in [0.5, 0.6) is 0 Å². The molecular weight excluding hydrogens is 247 g/mol. The molecule has 1 saturated heterocycles. The van der Waals surface area contributed by atoms with Crippen LogP contribution in [0, 0.1) is 0 Å². The summed E-state index contributed by atoms with van der Waals surface area (Å²) in [4.78, 5) is 1.07. The van der Waals surface area contributed by atoms with Crippen molar-refractivity contribution in [2.75, 3.05) is 7.11 Å². The van der Waals surface area contributed by atoms with Gasteiger partial charge in [0, 0.05) is 16.9 Å². The topological polar surface area (TPSA) is 27.7 Å². The molecule has 0 saturated carbocycles. The van der Waals surface area contributed by atoms with Gasteiger partial charge in [-0.25, -0.2) is 0 Å². The summed E-state index contributed by atoms with van der Waals surface area (Å²) in [6.45, 7) is 8.23. The molecule has 0 unspecified atom stereocenters. The zero-order valence-electron chi connectivity index (χ0n) is 11.5. The number of benzene rings is 1. The largest absolute Gasteiger partial charge is 0.494 e. The lowest BCUT2D eigenvalue weighted by atomic mass is 9.79. The fraction of sp³-hybridized carbons (Fsp3) is 0.538. The summed E-state index contributed by atoms with van der Waals surface area (Å²) in [6, 6.07) is 8.05. The molecule has 1 heterocycles. The maximum absolute atomic E-state index is 5.99. The highest BCUT2D eigenvalue weighted by Gasteiger charge is 2.51. The average molecular weight is 266 g/mol. The monoisotopic (exact) mass is 266 g/mol. The van der Waals surface area contributed by atoms with Crippen LogP contribution in [0.25, 0.3) is 0 Å². The second-order valence-electron chi connectivity index (χ2n) is 5.41. The van der Waals surface area contributed by atoms with E-state index in [0.29, 0.717) is 0 Å². The smallest absolute Gasteiger partial charge is 0.399 e. The third kappa shape index (κ3) is 2.59. The van der Waals surface area contributed by atoms with Gasteiger partial charge in [0.05, 0.1) is 18.3 Å². The minimum atomic E-state index is -0.295. The van der Waals surface area contributed by atoms with Gasteiger partial charge in [-0.05, 0) is 45.3 Å². The Bertz CT molecular complexity index is 401. The lowest BCUT2D eigenvalue weighted by Gasteiger charge is -2.32. The average Bonchev–Trinajstić information content (AvgIpc) is 2.50. The predicted octanol–water partition coefficient (Wildman–Crippen LogP) is 2.64. The predicted molar refractivity (Wildman–Crippen MR) is 75.0 cm³/mol. The summed E-state index contributed by atoms with van der Waals surface area (Å²) in [6.07, 6.45) is 0. The van der Waals surface area contributed by atoms with E-state index < -0.39 is 0 Å². The minimum absolute atomic E-state index is 0.294. The second kappa shape index (κ2) is 4.89. The number of hydrogen-bond acceptors (Lipinski definition) is 4. The Morgan fingerprint density at radius 2 is 1.50 bits per heavy atom. The first kappa shape index (κ1) is 13.9. The van der Waals surface area contributed by atoms with Crippen molar-refractivity contribution < 1.29 is 13.5 Å². The van der Waals surface area contributed by atoms with Gasteiger partial charge in [-0.3, -0.25) is 0 Å². The van der Waals surface area contributed by atoms with Gasteiger partial charge in [0.1, 0.15) is 0 Å². The van der Waals surface area contributed by atoms with Crippen molar-refractivity contribution in [3.05, 3.63) is 24.3 Å². The summed E-state index contributed by atoms with van der Waals surface area (Å²) in [5, 5.41) is 0. The fourth-order valence-electron chi connectivity index (χ4n) is 1.76. The molecule has 0 amide bonds. The van der Waals surface area contributed by atoms with Crippen LogP contribution in [0.2, 0.25) is 0 Å². The molecule has 0 bridgehead atoms. The lowest BCUT2D eigenvalue weighted by Crippen LogP contribution is -2.41. The Labute approximate surface area is 114 Å². The van der Waals surface area contributed by atoms with E-state index in [2.05, 4.69) is 27.7 Å². The van der Waals surface area contributed by atoms with Crippen LogP contribution < -0.4 is 5.46 Å². The van der Waals surface area contributed by atoms with E-state index >= 15 is 0 Å². The third-order valence-electron chi connectivity index (χ3n) is 3.59. The highest BCUT2D eigenvalue weighted by Crippen LogP contribution is 2.36. The van der Waals surface area contributed by atoms with E-state index in [9.17, 15) is 0 Å². The first-order chi connectivity index (χ1) is 8.36. The van der Waals surface area contributed by atoms with Crippen LogP contribution in [-0.2, 0) is 13.5 Å². The molecule has 0 aliphatic carbocycles. The van der Waals surface area contributed by atoms with Crippen molar-refractivity contribution in [2.45, 2.75) is 43.8 Å². The van der Waals surface area contributed by atoms with Crippen LogP contribution in [0.4, 0.5) is 0 Å². The van der Waals surface area contributed by atoms with Crippen LogP contribution in [0.15, 0.2) is 29.2 Å². The molecule has 0 radical (unpaired) electrons. The zero-order chi connectivity index (χ0) is 13.4. The first-order valence-electron chi connectivity index (χ1n) is 6.02. The van der Waals surface area contributed by atoms with Crippen molar-refractivity contribution in [1.82, 2.24) is 0 Å². The van der Waals surface area contributed by atoms with E-state index in [1.165, 1.54) is 12.0 Å². The number of rotatable bonds is 3. The highest BCUT2D eigenvalue weighted by atomic mass is 32.2. The van der Waals surface area contributed by atoms with E-state index in [4.69, 9.17) is 13.5 Å². The van der Waals surface area contributed by atoms with Crippen LogP contribution in [-0.4, -0.2) is 25.4 Å². The first-order valence-corrected chi connectivity index (χ1v) is 6.76. The van der Waals surface area contributed by atoms with Crippen molar-refractivity contribution in [1.29, 1.82) is 0 Å². The molecule has 98 valence electrons. The zero-order valence-corrected chi connectivity index (χ0v) is 12.3. The van der Waals surface area contributed by atoms with Gasteiger partial charge in [-0.1, -0.05) is 12.1 Å². The van der Waals surface area contributed by atoms with Crippen molar-refractivity contribution in [3.63, 3.8) is 0 Å². The molecule has 3 nitrogen and oxygen atoms in total. The van der Waals surface area contributed by atoms with Gasteiger partial charge in [0.15, 0.2) is 0 Å². The fourth-order valence-corrected chi connectivity index (χ4v) is 2.20. The summed E-state index contributed by atoms with van der Waals surface area (Å²) in [7, 11) is 1.36. The molecule has 2 rings (SSSR count). The number of hydrogen-bond donors (Lipinski definition) is 0. The van der Waals surface area contributed by atoms with E-state index in [-0.39, 0.29) is 18.3 Å². The molecule has 0 N–H and O–H groups in total. The van der Waals surface area contributed by atoms with Gasteiger partial charge in [-0.15, -0.1) is 0 Å². The maximum Gasteiger partial charge on any atom is 0.494 e. The summed E-state index contributed by atoms with van der Waals surface area (Å²) >= 11 is 1.34. The molecule has 1 aliphatic heterocycles. The molecular formula is C13H19BO3S. The second-order valence-corrected chi connectivity index (χ2v) is 6.38. The van der Waals surface area contributed by atoms with E-state index in [1.54, 1.807) is 7.11 Å². The molecule has 1 aliphatic rings. The molecule has 1 aromatic rings. The Kier molecular flexibility index (Phi) is 3.79. The molecule has 0 atom stereocenters. The van der Waals surface area contributed by atoms with Gasteiger partial charge in [0.25, 0.3) is 0 Å². The van der Waals surface area contributed by atoms with Gasteiger partial charge < -0.3 is 13.5 Å². The summed E-state index contributed by atoms with van der Waals surface area (Å²) < 4.78 is 17.0. The van der Waals surface area contributed by atoms with Gasteiger partial charge in [-0.2, -0.15) is 0 Å². The summed E-state index contributed by atoms with van der Waals surface area (Å²) in [5.41, 5.74) is 0.448. The quantitative estimate of drug-likeness (QED) is 0.621. The van der Waals surface area contributed by atoms with E-state index in [0.717, 1.165) is 10.4 Å². The highest BCUT2D eigenvalue weighted by molar-refractivity contribution is 7.94. The van der Waals surface area contributed by atoms with Crippen molar-refractivity contribution in [2.24, 2.45) is 0 Å². The Balaban J connectivity index is 2.14. The Morgan fingerprint density at radius 1 is 1.00 bits per heavy atom. The van der Waals surface area contributed by atoms with Crippen molar-refractivity contribution >= 4 is 24.6 Å². The normalized spacial score (nSPS) is 21.3. The van der Waals surface area contributed by atoms with Gasteiger partial charge in [0.2, 0.25) is 0 Å². The Morgan fingerprint density at radius 3 is 1.94 bits per heavy atom. The maximum atomic E-state index is 5.99. The molecule has 18 heavy (non-hydrogen) atoms. The summed E-state index contributed by atoms with van der Waals surface area (Å²) in [5.74, 6) is 0. The van der Waals surface area contributed by atoms with E-state index in [1.807, 2.05) is 24.3 Å². The molecule has 0 spiro atoms. The van der Waals surface area contributed by atoms with Crippen LogP contribution >= 0.6 is 12.0 Å².